The van der Waals surface area contributed by atoms with E-state index in [-0.39, 0.29) is 17.8 Å². The van der Waals surface area contributed by atoms with Crippen molar-refractivity contribution in [3.8, 4) is 0 Å². The largest absolute Gasteiger partial charge is 0.476 e. The van der Waals surface area contributed by atoms with Gasteiger partial charge in [-0.25, -0.2) is 14.6 Å². The maximum absolute atomic E-state index is 12.0. The van der Waals surface area contributed by atoms with Gasteiger partial charge in [-0.3, -0.25) is 0 Å². The zero-order valence-corrected chi connectivity index (χ0v) is 13.7. The summed E-state index contributed by atoms with van der Waals surface area (Å²) >= 11 is 1.30. The van der Waals surface area contributed by atoms with Crippen LogP contribution in [0, 0.1) is 5.92 Å². The molecule has 7 heteroatoms. The SMILES string of the molecule is CC(C)CC(C)N(C)C(=O)NCCc1nc(C(=O)O)cs1. The molecule has 0 spiro atoms. The van der Waals surface area contributed by atoms with E-state index in [4.69, 9.17) is 5.11 Å². The minimum Gasteiger partial charge on any atom is -0.476 e. The van der Waals surface area contributed by atoms with E-state index in [1.165, 1.54) is 16.7 Å². The Morgan fingerprint density at radius 1 is 1.43 bits per heavy atom. The van der Waals surface area contributed by atoms with Gasteiger partial charge in [0, 0.05) is 31.4 Å². The highest BCUT2D eigenvalue weighted by atomic mass is 32.1. The molecule has 2 amide bonds. The van der Waals surface area contributed by atoms with E-state index in [0.29, 0.717) is 23.9 Å². The molecule has 0 aliphatic heterocycles. The molecule has 0 radical (unpaired) electrons. The number of thiazole rings is 1. The molecule has 21 heavy (non-hydrogen) atoms. The lowest BCUT2D eigenvalue weighted by Crippen LogP contribution is -2.43. The Bertz CT molecular complexity index is 488. The minimum atomic E-state index is -1.02. The number of hydrogen-bond donors (Lipinski definition) is 2. The van der Waals surface area contributed by atoms with Gasteiger partial charge in [0.25, 0.3) is 0 Å². The molecule has 0 bridgehead atoms. The van der Waals surface area contributed by atoms with E-state index < -0.39 is 5.97 Å². The number of rotatable bonds is 7. The summed E-state index contributed by atoms with van der Waals surface area (Å²) in [4.78, 5) is 28.4. The number of hydrogen-bond acceptors (Lipinski definition) is 4. The summed E-state index contributed by atoms with van der Waals surface area (Å²) in [6.07, 6.45) is 1.49. The molecule has 0 fully saturated rings. The number of carboxylic acid groups (broad SMARTS) is 1. The van der Waals surface area contributed by atoms with Crippen molar-refractivity contribution in [2.75, 3.05) is 13.6 Å². The molecule has 0 saturated carbocycles. The molecule has 0 aliphatic carbocycles. The summed E-state index contributed by atoms with van der Waals surface area (Å²) in [7, 11) is 1.79. The molecule has 2 N–H and O–H groups in total. The van der Waals surface area contributed by atoms with Crippen molar-refractivity contribution < 1.29 is 14.7 Å². The van der Waals surface area contributed by atoms with Gasteiger partial charge in [-0.05, 0) is 19.3 Å². The van der Waals surface area contributed by atoms with Gasteiger partial charge in [0.1, 0.15) is 0 Å². The van der Waals surface area contributed by atoms with Gasteiger partial charge in [0.05, 0.1) is 5.01 Å². The van der Waals surface area contributed by atoms with Crippen LogP contribution in [-0.2, 0) is 6.42 Å². The summed E-state index contributed by atoms with van der Waals surface area (Å²) in [5.41, 5.74) is 0.0593. The number of carbonyl (C=O) groups excluding carboxylic acids is 1. The average molecular weight is 313 g/mol. The van der Waals surface area contributed by atoms with E-state index in [9.17, 15) is 9.59 Å². The third-order valence-electron chi connectivity index (χ3n) is 3.18. The summed E-state index contributed by atoms with van der Waals surface area (Å²) in [5.74, 6) is -0.483. The lowest BCUT2D eigenvalue weighted by atomic mass is 10.0. The first kappa shape index (κ1) is 17.4. The summed E-state index contributed by atoms with van der Waals surface area (Å²) in [5, 5.41) is 13.8. The molecular weight excluding hydrogens is 290 g/mol. The molecule has 1 aromatic heterocycles. The molecule has 1 rings (SSSR count). The lowest BCUT2D eigenvalue weighted by Gasteiger charge is -2.26. The van der Waals surface area contributed by atoms with Crippen LogP contribution in [0.3, 0.4) is 0 Å². The standard InChI is InChI=1S/C14H23N3O3S/c1-9(2)7-10(3)17(4)14(20)15-6-5-12-16-11(8-21-12)13(18)19/h8-10H,5-7H2,1-4H3,(H,15,20)(H,18,19). The van der Waals surface area contributed by atoms with E-state index in [0.717, 1.165) is 6.42 Å². The maximum Gasteiger partial charge on any atom is 0.355 e. The van der Waals surface area contributed by atoms with Crippen molar-refractivity contribution in [2.24, 2.45) is 5.92 Å². The third-order valence-corrected chi connectivity index (χ3v) is 4.09. The van der Waals surface area contributed by atoms with Crippen LogP contribution in [-0.4, -0.2) is 46.6 Å². The molecule has 118 valence electrons. The van der Waals surface area contributed by atoms with Gasteiger partial charge in [-0.15, -0.1) is 11.3 Å². The topological polar surface area (TPSA) is 82.5 Å². The zero-order valence-electron chi connectivity index (χ0n) is 12.9. The van der Waals surface area contributed by atoms with E-state index >= 15 is 0 Å². The van der Waals surface area contributed by atoms with Crippen LogP contribution in [0.1, 0.15) is 42.7 Å². The van der Waals surface area contributed by atoms with E-state index in [1.54, 1.807) is 11.9 Å². The average Bonchev–Trinajstić information content (AvgIpc) is 2.85. The van der Waals surface area contributed by atoms with Crippen molar-refractivity contribution in [1.82, 2.24) is 15.2 Å². The number of carboxylic acids is 1. The molecule has 0 aromatic carbocycles. The smallest absolute Gasteiger partial charge is 0.355 e. The highest BCUT2D eigenvalue weighted by Gasteiger charge is 2.16. The second-order valence-electron chi connectivity index (χ2n) is 5.50. The Labute approximate surface area is 129 Å². The van der Waals surface area contributed by atoms with Crippen LogP contribution in [0.5, 0.6) is 0 Å². The Morgan fingerprint density at radius 2 is 2.10 bits per heavy atom. The summed E-state index contributed by atoms with van der Waals surface area (Å²) in [6, 6.07) is 0.0710. The predicted molar refractivity (Wildman–Crippen MR) is 82.9 cm³/mol. The summed E-state index contributed by atoms with van der Waals surface area (Å²) < 4.78 is 0. The number of aromatic carboxylic acids is 1. The van der Waals surface area contributed by atoms with Crippen molar-refractivity contribution in [3.05, 3.63) is 16.1 Å². The molecule has 1 heterocycles. The highest BCUT2D eigenvalue weighted by Crippen LogP contribution is 2.11. The van der Waals surface area contributed by atoms with Crippen molar-refractivity contribution >= 4 is 23.3 Å². The number of aromatic nitrogens is 1. The first-order chi connectivity index (χ1) is 9.81. The fraction of sp³-hybridized carbons (Fsp3) is 0.643. The van der Waals surface area contributed by atoms with Gasteiger partial charge in [-0.2, -0.15) is 0 Å². The van der Waals surface area contributed by atoms with E-state index in [1.807, 2.05) is 6.92 Å². The molecule has 1 aromatic rings. The Hall–Kier alpha value is -1.63. The predicted octanol–water partition coefficient (Wildman–Crippen LogP) is 2.46. The normalized spacial score (nSPS) is 12.2. The van der Waals surface area contributed by atoms with Gasteiger partial charge < -0.3 is 15.3 Å². The van der Waals surface area contributed by atoms with Crippen LogP contribution in [0.4, 0.5) is 4.79 Å². The number of nitrogens with one attached hydrogen (secondary N) is 1. The van der Waals surface area contributed by atoms with Gasteiger partial charge >= 0.3 is 12.0 Å². The van der Waals surface area contributed by atoms with Crippen LogP contribution < -0.4 is 5.32 Å². The molecular formula is C14H23N3O3S. The third kappa shape index (κ3) is 5.71. The van der Waals surface area contributed by atoms with E-state index in [2.05, 4.69) is 24.1 Å². The Balaban J connectivity index is 2.37. The number of amides is 2. The van der Waals surface area contributed by atoms with Crippen molar-refractivity contribution in [2.45, 2.75) is 39.7 Å². The number of nitrogens with zero attached hydrogens (tertiary/aromatic N) is 2. The second kappa shape index (κ2) is 7.97. The maximum atomic E-state index is 12.0. The molecule has 1 atom stereocenters. The molecule has 0 saturated heterocycles. The van der Waals surface area contributed by atoms with Crippen LogP contribution in [0.25, 0.3) is 0 Å². The molecule has 6 nitrogen and oxygen atoms in total. The van der Waals surface area contributed by atoms with Crippen molar-refractivity contribution in [1.29, 1.82) is 0 Å². The fourth-order valence-corrected chi connectivity index (χ4v) is 2.74. The van der Waals surface area contributed by atoms with Gasteiger partial charge in [-0.1, -0.05) is 13.8 Å². The quantitative estimate of drug-likeness (QED) is 0.810. The Morgan fingerprint density at radius 3 is 2.62 bits per heavy atom. The molecule has 1 unspecified atom stereocenters. The highest BCUT2D eigenvalue weighted by molar-refractivity contribution is 7.09. The first-order valence-electron chi connectivity index (χ1n) is 6.99. The number of carbonyl (C=O) groups is 2. The fourth-order valence-electron chi connectivity index (χ4n) is 1.97. The lowest BCUT2D eigenvalue weighted by molar-refractivity contribution is 0.0691. The second-order valence-corrected chi connectivity index (χ2v) is 6.45. The van der Waals surface area contributed by atoms with Crippen LogP contribution >= 0.6 is 11.3 Å². The molecule has 0 aliphatic rings. The monoisotopic (exact) mass is 313 g/mol. The van der Waals surface area contributed by atoms with Gasteiger partial charge in [0.2, 0.25) is 0 Å². The van der Waals surface area contributed by atoms with Gasteiger partial charge in [0.15, 0.2) is 5.69 Å². The van der Waals surface area contributed by atoms with Crippen LogP contribution in [0.2, 0.25) is 0 Å². The Kier molecular flexibility index (Phi) is 6.61. The van der Waals surface area contributed by atoms with Crippen LogP contribution in [0.15, 0.2) is 5.38 Å². The first-order valence-corrected chi connectivity index (χ1v) is 7.87. The summed E-state index contributed by atoms with van der Waals surface area (Å²) in [6.45, 7) is 6.74. The zero-order chi connectivity index (χ0) is 16.0. The minimum absolute atomic E-state index is 0.0593. The number of urea groups is 1. The van der Waals surface area contributed by atoms with Crippen molar-refractivity contribution in [3.63, 3.8) is 0 Å².